The Morgan fingerprint density at radius 3 is 2.00 bits per heavy atom. The maximum absolute atomic E-state index is 11.9. The lowest BCUT2D eigenvalue weighted by atomic mass is 9.57. The zero-order valence-electron chi connectivity index (χ0n) is 16.5. The van der Waals surface area contributed by atoms with Crippen LogP contribution in [0.2, 0.25) is 0 Å². The Morgan fingerprint density at radius 2 is 1.54 bits per heavy atom. The number of nitrogens with zero attached hydrogens (tertiary/aromatic N) is 3. The van der Waals surface area contributed by atoms with Crippen LogP contribution in [0.1, 0.15) is 68.1 Å². The molecule has 1 aliphatic heterocycles. The van der Waals surface area contributed by atoms with Crippen molar-refractivity contribution in [1.29, 1.82) is 10.5 Å². The lowest BCUT2D eigenvalue weighted by molar-refractivity contribution is 0.0599. The number of nitriles is 2. The number of carbonyl (C=O) groups is 1. The summed E-state index contributed by atoms with van der Waals surface area (Å²) >= 11 is 0. The number of hydrogen-bond acceptors (Lipinski definition) is 5. The van der Waals surface area contributed by atoms with E-state index in [1.807, 2.05) is 12.1 Å². The number of anilines is 1. The largest absolute Gasteiger partial charge is 0.465 e. The van der Waals surface area contributed by atoms with E-state index in [2.05, 4.69) is 17.0 Å². The van der Waals surface area contributed by atoms with Crippen LogP contribution in [0.5, 0.6) is 0 Å². The van der Waals surface area contributed by atoms with Crippen molar-refractivity contribution in [3.8, 4) is 12.1 Å². The van der Waals surface area contributed by atoms with Crippen LogP contribution in [-0.4, -0.2) is 24.2 Å². The van der Waals surface area contributed by atoms with Crippen molar-refractivity contribution in [3.05, 3.63) is 29.8 Å². The molecule has 1 saturated heterocycles. The van der Waals surface area contributed by atoms with Gasteiger partial charge < -0.3 is 9.64 Å². The normalized spacial score (nSPS) is 34.3. The number of benzene rings is 1. The Balaban J connectivity index is 1.86. The Labute approximate surface area is 166 Å². The fourth-order valence-electron chi connectivity index (χ4n) is 6.09. The van der Waals surface area contributed by atoms with Gasteiger partial charge in [0.15, 0.2) is 0 Å². The van der Waals surface area contributed by atoms with E-state index in [0.29, 0.717) is 17.4 Å². The maximum Gasteiger partial charge on any atom is 0.337 e. The summed E-state index contributed by atoms with van der Waals surface area (Å²) in [5, 5.41) is 20.8. The third-order valence-corrected chi connectivity index (χ3v) is 7.37. The van der Waals surface area contributed by atoms with Crippen LogP contribution in [0.3, 0.4) is 0 Å². The van der Waals surface area contributed by atoms with E-state index in [0.717, 1.165) is 63.5 Å². The Morgan fingerprint density at radius 1 is 1.00 bits per heavy atom. The molecule has 0 radical (unpaired) electrons. The molecular weight excluding hydrogens is 350 g/mol. The highest BCUT2D eigenvalue weighted by Crippen LogP contribution is 2.57. The summed E-state index contributed by atoms with van der Waals surface area (Å²) < 4.78 is 4.82. The minimum atomic E-state index is -0.630. The predicted octanol–water partition coefficient (Wildman–Crippen LogP) is 4.59. The second-order valence-electron chi connectivity index (χ2n) is 8.57. The SMILES string of the molecule is COC(=O)c1ccc(N2[C@]3(C#N)CCCC[C@@H]3C[C@H]3CCCC[C@]32C#N)cc1. The van der Waals surface area contributed by atoms with Gasteiger partial charge in [0.05, 0.1) is 24.8 Å². The molecule has 0 spiro atoms. The summed E-state index contributed by atoms with van der Waals surface area (Å²) in [7, 11) is 1.37. The molecule has 4 rings (SSSR count). The molecule has 5 nitrogen and oxygen atoms in total. The second-order valence-corrected chi connectivity index (χ2v) is 8.57. The van der Waals surface area contributed by atoms with Gasteiger partial charge in [0, 0.05) is 5.69 Å². The molecule has 0 unspecified atom stereocenters. The average Bonchev–Trinajstić information content (AvgIpc) is 2.76. The monoisotopic (exact) mass is 377 g/mol. The summed E-state index contributed by atoms with van der Waals surface area (Å²) in [6.45, 7) is 0. The molecule has 3 fully saturated rings. The minimum absolute atomic E-state index is 0.302. The number of carbonyl (C=O) groups excluding carboxylic acids is 1. The quantitative estimate of drug-likeness (QED) is 0.705. The number of hydrogen-bond donors (Lipinski definition) is 0. The van der Waals surface area contributed by atoms with E-state index in [9.17, 15) is 15.3 Å². The highest BCUT2D eigenvalue weighted by molar-refractivity contribution is 5.89. The fraction of sp³-hybridized carbons (Fsp3) is 0.609. The van der Waals surface area contributed by atoms with Crippen molar-refractivity contribution < 1.29 is 9.53 Å². The molecule has 0 amide bonds. The first-order valence-corrected chi connectivity index (χ1v) is 10.4. The lowest BCUT2D eigenvalue weighted by Crippen LogP contribution is -2.71. The highest BCUT2D eigenvalue weighted by Gasteiger charge is 2.61. The molecular formula is C23H27N3O2. The lowest BCUT2D eigenvalue weighted by Gasteiger charge is -2.62. The molecule has 4 atom stereocenters. The third-order valence-electron chi connectivity index (χ3n) is 7.37. The molecule has 2 saturated carbocycles. The third kappa shape index (κ3) is 2.60. The first-order valence-electron chi connectivity index (χ1n) is 10.4. The Kier molecular flexibility index (Phi) is 4.79. The van der Waals surface area contributed by atoms with Crippen LogP contribution in [0.15, 0.2) is 24.3 Å². The number of methoxy groups -OCH3 is 1. The van der Waals surface area contributed by atoms with Crippen LogP contribution in [0.25, 0.3) is 0 Å². The van der Waals surface area contributed by atoms with Crippen molar-refractivity contribution >= 4 is 11.7 Å². The summed E-state index contributed by atoms with van der Waals surface area (Å²) in [6.07, 6.45) is 9.08. The van der Waals surface area contributed by atoms with Gasteiger partial charge in [0.25, 0.3) is 0 Å². The van der Waals surface area contributed by atoms with Gasteiger partial charge in [-0.3, -0.25) is 0 Å². The van der Waals surface area contributed by atoms with Gasteiger partial charge in [0.2, 0.25) is 0 Å². The highest BCUT2D eigenvalue weighted by atomic mass is 16.5. The van der Waals surface area contributed by atoms with Gasteiger partial charge >= 0.3 is 5.97 Å². The smallest absolute Gasteiger partial charge is 0.337 e. The molecule has 28 heavy (non-hydrogen) atoms. The number of fused-ring (bicyclic) bond motifs is 2. The molecule has 2 aliphatic carbocycles. The average molecular weight is 377 g/mol. The molecule has 5 heteroatoms. The van der Waals surface area contributed by atoms with Crippen LogP contribution < -0.4 is 4.90 Å². The zero-order chi connectivity index (χ0) is 19.8. The fourth-order valence-corrected chi connectivity index (χ4v) is 6.09. The van der Waals surface area contributed by atoms with Crippen molar-refractivity contribution in [2.75, 3.05) is 12.0 Å². The number of ether oxygens (including phenoxy) is 1. The van der Waals surface area contributed by atoms with Gasteiger partial charge in [-0.05, 0) is 68.2 Å². The molecule has 1 aromatic carbocycles. The van der Waals surface area contributed by atoms with Crippen molar-refractivity contribution in [2.45, 2.75) is 68.9 Å². The van der Waals surface area contributed by atoms with E-state index in [4.69, 9.17) is 4.74 Å². The summed E-state index contributed by atoms with van der Waals surface area (Å²) in [5.41, 5.74) is 0.110. The summed E-state index contributed by atoms with van der Waals surface area (Å²) in [5.74, 6) is 0.230. The van der Waals surface area contributed by atoms with E-state index >= 15 is 0 Å². The Hall–Kier alpha value is -2.53. The molecule has 0 N–H and O–H groups in total. The van der Waals surface area contributed by atoms with Crippen molar-refractivity contribution in [2.24, 2.45) is 11.8 Å². The summed E-state index contributed by atoms with van der Waals surface area (Å²) in [6, 6.07) is 12.7. The van der Waals surface area contributed by atoms with Gasteiger partial charge in [-0.25, -0.2) is 4.79 Å². The number of piperidine rings is 1. The first kappa shape index (κ1) is 18.8. The predicted molar refractivity (Wildman–Crippen MR) is 105 cm³/mol. The first-order chi connectivity index (χ1) is 13.6. The van der Waals surface area contributed by atoms with E-state index < -0.39 is 11.1 Å². The van der Waals surface area contributed by atoms with Crippen LogP contribution >= 0.6 is 0 Å². The molecule has 3 aliphatic rings. The number of esters is 1. The number of rotatable bonds is 2. The van der Waals surface area contributed by atoms with Crippen LogP contribution in [0, 0.1) is 34.5 Å². The second kappa shape index (κ2) is 7.13. The topological polar surface area (TPSA) is 77.1 Å². The Bertz CT molecular complexity index is 797. The molecule has 1 heterocycles. The van der Waals surface area contributed by atoms with Gasteiger partial charge in [-0.15, -0.1) is 0 Å². The van der Waals surface area contributed by atoms with Crippen molar-refractivity contribution in [3.63, 3.8) is 0 Å². The molecule has 0 aromatic heterocycles. The zero-order valence-corrected chi connectivity index (χ0v) is 16.5. The van der Waals surface area contributed by atoms with Crippen LogP contribution in [-0.2, 0) is 4.74 Å². The van der Waals surface area contributed by atoms with Crippen molar-refractivity contribution in [1.82, 2.24) is 0 Å². The molecule has 0 bridgehead atoms. The minimum Gasteiger partial charge on any atom is -0.465 e. The van der Waals surface area contributed by atoms with Gasteiger partial charge in [0.1, 0.15) is 11.1 Å². The maximum atomic E-state index is 11.9. The summed E-state index contributed by atoms with van der Waals surface area (Å²) in [4.78, 5) is 14.0. The standard InChI is InChI=1S/C23H27N3O2/c1-28-21(27)17-8-10-20(11-9-17)26-22(15-24)12-4-2-6-18(22)14-19-7-3-5-13-23(19,26)16-25/h8-11,18-19H,2-7,12-14H2,1H3/t18-,19-,22+,23+/m1/s1. The van der Waals surface area contributed by atoms with E-state index in [-0.39, 0.29) is 5.97 Å². The van der Waals surface area contributed by atoms with Gasteiger partial charge in [-0.1, -0.05) is 25.7 Å². The van der Waals surface area contributed by atoms with Crippen LogP contribution in [0.4, 0.5) is 5.69 Å². The molecule has 146 valence electrons. The van der Waals surface area contributed by atoms with E-state index in [1.165, 1.54) is 7.11 Å². The van der Waals surface area contributed by atoms with E-state index in [1.54, 1.807) is 12.1 Å². The van der Waals surface area contributed by atoms with Gasteiger partial charge in [-0.2, -0.15) is 10.5 Å². The molecule has 1 aromatic rings.